The number of H-pyrrole nitrogens is 1. The van der Waals surface area contributed by atoms with Crippen molar-refractivity contribution in [3.05, 3.63) is 23.3 Å². The number of aliphatic hydroxyl groups is 1. The summed E-state index contributed by atoms with van der Waals surface area (Å²) in [5.74, 6) is 0.994. The molecule has 3 N–H and O–H groups in total. The van der Waals surface area contributed by atoms with Gasteiger partial charge in [0.15, 0.2) is 17.5 Å². The molecule has 0 aromatic carbocycles. The SMILES string of the molecule is CCC(=O)OCc1nc(N(C)C2C3CC4CC2CC(O)(C4)C3)nc(Nc2cc(C)[nH]n2)c1F. The molecule has 33 heavy (non-hydrogen) atoms. The van der Waals surface area contributed by atoms with Crippen LogP contribution in [0.4, 0.5) is 22.0 Å². The Hall–Kier alpha value is -2.75. The number of nitrogens with zero attached hydrogens (tertiary/aromatic N) is 4. The summed E-state index contributed by atoms with van der Waals surface area (Å²) in [6.45, 7) is 3.27. The third-order valence-electron chi connectivity index (χ3n) is 7.47. The number of aromatic amines is 1. The molecular weight excluding hydrogens is 427 g/mol. The van der Waals surface area contributed by atoms with Crippen molar-refractivity contribution in [3.8, 4) is 0 Å². The first-order valence-electron chi connectivity index (χ1n) is 11.7. The van der Waals surface area contributed by atoms with Gasteiger partial charge in [-0.3, -0.25) is 9.89 Å². The number of aryl methyl sites for hydroxylation is 1. The van der Waals surface area contributed by atoms with Crippen LogP contribution >= 0.6 is 0 Å². The monoisotopic (exact) mass is 458 g/mol. The lowest BCUT2D eigenvalue weighted by Crippen LogP contribution is -2.61. The van der Waals surface area contributed by atoms with E-state index >= 15 is 4.39 Å². The molecule has 0 aliphatic heterocycles. The first kappa shape index (κ1) is 22.1. The lowest BCUT2D eigenvalue weighted by atomic mass is 9.52. The molecular formula is C23H31FN6O3. The molecule has 4 fully saturated rings. The highest BCUT2D eigenvalue weighted by Crippen LogP contribution is 2.57. The molecule has 4 aliphatic rings. The van der Waals surface area contributed by atoms with E-state index in [2.05, 4.69) is 25.5 Å². The standard InChI is InChI=1S/C23H31FN6O3/c1-4-18(31)33-11-16-19(24)21(26-17-5-12(2)28-29-17)27-22(25-16)30(3)20-14-6-13-7-15(20)10-23(32,8-13)9-14/h5,13-15,20,32H,4,6-11H2,1-3H3,(H2,25,26,27,28,29). The quantitative estimate of drug-likeness (QED) is 0.542. The molecule has 9 nitrogen and oxygen atoms in total. The van der Waals surface area contributed by atoms with Crippen molar-refractivity contribution in [2.75, 3.05) is 17.3 Å². The van der Waals surface area contributed by atoms with Crippen LogP contribution in [-0.2, 0) is 16.1 Å². The van der Waals surface area contributed by atoms with E-state index in [1.54, 1.807) is 13.0 Å². The maximum atomic E-state index is 15.3. The first-order chi connectivity index (χ1) is 15.7. The van der Waals surface area contributed by atoms with Gasteiger partial charge in [0.1, 0.15) is 12.3 Å². The average Bonchev–Trinajstić information content (AvgIpc) is 3.16. The highest BCUT2D eigenvalue weighted by molar-refractivity contribution is 5.68. The van der Waals surface area contributed by atoms with E-state index in [1.165, 1.54) is 0 Å². The minimum atomic E-state index is -0.670. The van der Waals surface area contributed by atoms with Crippen LogP contribution in [0.15, 0.2) is 6.07 Å². The fraction of sp³-hybridized carbons (Fsp3) is 0.652. The van der Waals surface area contributed by atoms with Gasteiger partial charge in [-0.15, -0.1) is 0 Å². The summed E-state index contributed by atoms with van der Waals surface area (Å²) in [4.78, 5) is 22.7. The molecule has 4 saturated carbocycles. The van der Waals surface area contributed by atoms with Crippen molar-refractivity contribution in [1.82, 2.24) is 20.2 Å². The summed E-state index contributed by atoms with van der Waals surface area (Å²) in [5, 5.41) is 20.8. The van der Waals surface area contributed by atoms with Gasteiger partial charge in [-0.2, -0.15) is 10.1 Å². The van der Waals surface area contributed by atoms with Crippen molar-refractivity contribution >= 4 is 23.6 Å². The fourth-order valence-corrected chi connectivity index (χ4v) is 6.39. The lowest BCUT2D eigenvalue weighted by molar-refractivity contribution is -0.144. The second-order valence-electron chi connectivity index (χ2n) is 10.0. The number of rotatable bonds is 7. The van der Waals surface area contributed by atoms with Gasteiger partial charge in [0.2, 0.25) is 5.95 Å². The van der Waals surface area contributed by atoms with Crippen LogP contribution in [0.1, 0.15) is 56.8 Å². The van der Waals surface area contributed by atoms with Gasteiger partial charge < -0.3 is 20.1 Å². The summed E-state index contributed by atoms with van der Waals surface area (Å²) in [6, 6.07) is 1.93. The van der Waals surface area contributed by atoms with Crippen LogP contribution in [-0.4, -0.2) is 49.9 Å². The van der Waals surface area contributed by atoms with Gasteiger partial charge >= 0.3 is 5.97 Å². The smallest absolute Gasteiger partial charge is 0.305 e. The Balaban J connectivity index is 1.46. The highest BCUT2D eigenvalue weighted by Gasteiger charge is 2.56. The number of esters is 1. The molecule has 2 heterocycles. The fourth-order valence-electron chi connectivity index (χ4n) is 6.39. The normalized spacial score (nSPS) is 29.8. The average molecular weight is 459 g/mol. The third kappa shape index (κ3) is 4.16. The van der Waals surface area contributed by atoms with Crippen LogP contribution in [0.3, 0.4) is 0 Å². The molecule has 4 bridgehead atoms. The number of hydrogen-bond donors (Lipinski definition) is 3. The van der Waals surface area contributed by atoms with Gasteiger partial charge in [0.05, 0.1) is 5.60 Å². The van der Waals surface area contributed by atoms with Gasteiger partial charge in [0.25, 0.3) is 0 Å². The zero-order chi connectivity index (χ0) is 23.3. The van der Waals surface area contributed by atoms with Gasteiger partial charge in [0, 0.05) is 31.3 Å². The van der Waals surface area contributed by atoms with Gasteiger partial charge in [-0.25, -0.2) is 9.37 Å². The molecule has 2 atom stereocenters. The van der Waals surface area contributed by atoms with Gasteiger partial charge in [-0.05, 0) is 56.8 Å². The number of halogens is 1. The Morgan fingerprint density at radius 2 is 2.06 bits per heavy atom. The van der Waals surface area contributed by atoms with Crippen LogP contribution in [0.5, 0.6) is 0 Å². The Morgan fingerprint density at radius 3 is 2.67 bits per heavy atom. The summed E-state index contributed by atoms with van der Waals surface area (Å²) in [6.07, 6.45) is 4.87. The zero-order valence-electron chi connectivity index (χ0n) is 19.3. The molecule has 2 aromatic heterocycles. The van der Waals surface area contributed by atoms with Crippen molar-refractivity contribution in [2.24, 2.45) is 17.8 Å². The molecule has 0 spiro atoms. The Morgan fingerprint density at radius 1 is 1.33 bits per heavy atom. The highest BCUT2D eigenvalue weighted by atomic mass is 19.1. The van der Waals surface area contributed by atoms with Crippen LogP contribution in [0, 0.1) is 30.5 Å². The number of anilines is 3. The second kappa shape index (κ2) is 8.23. The lowest BCUT2D eigenvalue weighted by Gasteiger charge is -2.59. The van der Waals surface area contributed by atoms with E-state index in [1.807, 2.05) is 18.9 Å². The van der Waals surface area contributed by atoms with E-state index < -0.39 is 17.4 Å². The van der Waals surface area contributed by atoms with Crippen LogP contribution < -0.4 is 10.2 Å². The topological polar surface area (TPSA) is 116 Å². The third-order valence-corrected chi connectivity index (χ3v) is 7.47. The summed E-state index contributed by atoms with van der Waals surface area (Å²) >= 11 is 0. The number of nitrogens with one attached hydrogen (secondary N) is 2. The number of ether oxygens (including phenoxy) is 1. The summed E-state index contributed by atoms with van der Waals surface area (Å²) in [7, 11) is 1.94. The molecule has 2 unspecified atom stereocenters. The van der Waals surface area contributed by atoms with Gasteiger partial charge in [-0.1, -0.05) is 6.92 Å². The largest absolute Gasteiger partial charge is 0.459 e. The van der Waals surface area contributed by atoms with Crippen molar-refractivity contribution < 1.29 is 19.0 Å². The molecule has 0 amide bonds. The molecule has 0 saturated heterocycles. The van der Waals surface area contributed by atoms with E-state index in [0.29, 0.717) is 29.5 Å². The van der Waals surface area contributed by atoms with Crippen molar-refractivity contribution in [2.45, 2.75) is 70.6 Å². The summed E-state index contributed by atoms with van der Waals surface area (Å²) in [5.41, 5.74) is 0.306. The predicted octanol–water partition coefficient (Wildman–Crippen LogP) is 3.22. The van der Waals surface area contributed by atoms with E-state index in [9.17, 15) is 9.90 Å². The minimum Gasteiger partial charge on any atom is -0.459 e. The Kier molecular flexibility index (Phi) is 5.50. The molecule has 6 rings (SSSR count). The predicted molar refractivity (Wildman–Crippen MR) is 119 cm³/mol. The number of carbonyl (C=O) groups excluding carboxylic acids is 1. The van der Waals surface area contributed by atoms with Crippen LogP contribution in [0.25, 0.3) is 0 Å². The maximum Gasteiger partial charge on any atom is 0.305 e. The number of hydrogen-bond acceptors (Lipinski definition) is 8. The second-order valence-corrected chi connectivity index (χ2v) is 10.0. The van der Waals surface area contributed by atoms with Crippen LogP contribution in [0.2, 0.25) is 0 Å². The number of aromatic nitrogens is 4. The summed E-state index contributed by atoms with van der Waals surface area (Å²) < 4.78 is 20.5. The Labute approximate surface area is 192 Å². The Bertz CT molecular complexity index is 1040. The van der Waals surface area contributed by atoms with E-state index in [4.69, 9.17) is 4.74 Å². The molecule has 178 valence electrons. The molecule has 2 aromatic rings. The first-order valence-corrected chi connectivity index (χ1v) is 11.7. The maximum absolute atomic E-state index is 15.3. The minimum absolute atomic E-state index is 0.0108. The van der Waals surface area contributed by atoms with Crippen molar-refractivity contribution in [1.29, 1.82) is 0 Å². The van der Waals surface area contributed by atoms with E-state index in [0.717, 1.165) is 37.8 Å². The van der Waals surface area contributed by atoms with E-state index in [-0.39, 0.29) is 30.6 Å². The molecule has 0 radical (unpaired) electrons. The molecule has 4 aliphatic carbocycles. The zero-order valence-corrected chi connectivity index (χ0v) is 19.3. The molecule has 10 heteroatoms. The number of carbonyl (C=O) groups is 1. The van der Waals surface area contributed by atoms with Crippen molar-refractivity contribution in [3.63, 3.8) is 0 Å².